The van der Waals surface area contributed by atoms with E-state index in [0.29, 0.717) is 11.6 Å². The van der Waals surface area contributed by atoms with E-state index in [1.54, 1.807) is 0 Å². The van der Waals surface area contributed by atoms with Crippen molar-refractivity contribution in [1.29, 1.82) is 0 Å². The third kappa shape index (κ3) is 4.85. The smallest absolute Gasteiger partial charge is 0.272 e. The molecule has 0 atom stereocenters. The van der Waals surface area contributed by atoms with Crippen molar-refractivity contribution in [3.8, 4) is 5.75 Å². The molecule has 0 fully saturated rings. The van der Waals surface area contributed by atoms with Gasteiger partial charge in [-0.15, -0.1) is 0 Å². The number of carbonyl (C=O) groups excluding carboxylic acids is 1. The van der Waals surface area contributed by atoms with Gasteiger partial charge in [-0.2, -0.15) is 0 Å². The zero-order valence-corrected chi connectivity index (χ0v) is 15.4. The highest BCUT2D eigenvalue weighted by Crippen LogP contribution is 2.17. The molecule has 3 aromatic rings. The van der Waals surface area contributed by atoms with Crippen LogP contribution in [-0.2, 0) is 6.61 Å². The van der Waals surface area contributed by atoms with Gasteiger partial charge in [-0.1, -0.05) is 56.3 Å². The summed E-state index contributed by atoms with van der Waals surface area (Å²) in [5.74, 6) is 0.227. The Bertz CT molecular complexity index is 961. The van der Waals surface area contributed by atoms with Gasteiger partial charge in [0.2, 0.25) is 5.43 Å². The van der Waals surface area contributed by atoms with Crippen LogP contribution in [0.15, 0.2) is 71.7 Å². The Labute approximate surface area is 158 Å². The Morgan fingerprint density at radius 1 is 1.07 bits per heavy atom. The maximum atomic E-state index is 12.4. The molecular weight excluding hydrogens is 340 g/mol. The second kappa shape index (κ2) is 8.36. The summed E-state index contributed by atoms with van der Waals surface area (Å²) in [5.41, 5.74) is 2.67. The second-order valence-electron chi connectivity index (χ2n) is 6.58. The van der Waals surface area contributed by atoms with E-state index in [0.717, 1.165) is 5.56 Å². The van der Waals surface area contributed by atoms with Crippen LogP contribution in [0, 0.1) is 0 Å². The van der Waals surface area contributed by atoms with Crippen LogP contribution in [0.4, 0.5) is 5.69 Å². The van der Waals surface area contributed by atoms with Crippen molar-refractivity contribution in [2.45, 2.75) is 26.4 Å². The summed E-state index contributed by atoms with van der Waals surface area (Å²) in [4.78, 5) is 27.4. The van der Waals surface area contributed by atoms with Crippen LogP contribution in [0.3, 0.4) is 0 Å². The average Bonchev–Trinajstić information content (AvgIpc) is 2.68. The molecule has 0 unspecified atom stereocenters. The van der Waals surface area contributed by atoms with Crippen molar-refractivity contribution in [3.63, 3.8) is 0 Å². The number of aromatic amines is 1. The molecule has 1 aromatic heterocycles. The van der Waals surface area contributed by atoms with Crippen LogP contribution in [0.2, 0.25) is 0 Å². The molecule has 0 radical (unpaired) electrons. The van der Waals surface area contributed by atoms with Gasteiger partial charge in [-0.25, -0.2) is 0 Å². The molecule has 2 N–H and O–H groups in total. The van der Waals surface area contributed by atoms with Gasteiger partial charge in [0.25, 0.3) is 5.91 Å². The quantitative estimate of drug-likeness (QED) is 0.686. The van der Waals surface area contributed by atoms with Gasteiger partial charge < -0.3 is 15.0 Å². The lowest BCUT2D eigenvalue weighted by molar-refractivity contribution is 0.102. The number of H-pyrrole nitrogens is 1. The Hall–Kier alpha value is -3.34. The zero-order chi connectivity index (χ0) is 19.2. The fourth-order valence-electron chi connectivity index (χ4n) is 2.59. The van der Waals surface area contributed by atoms with Crippen molar-refractivity contribution < 1.29 is 9.53 Å². The number of anilines is 1. The monoisotopic (exact) mass is 362 g/mol. The first-order chi connectivity index (χ1) is 13.0. The minimum Gasteiger partial charge on any atom is -0.483 e. The van der Waals surface area contributed by atoms with Crippen LogP contribution in [-0.4, -0.2) is 10.9 Å². The first kappa shape index (κ1) is 18.5. The van der Waals surface area contributed by atoms with E-state index < -0.39 is 0 Å². The first-order valence-electron chi connectivity index (χ1n) is 8.83. The van der Waals surface area contributed by atoms with Gasteiger partial charge in [0, 0.05) is 18.0 Å². The second-order valence-corrected chi connectivity index (χ2v) is 6.58. The van der Waals surface area contributed by atoms with E-state index in [1.165, 1.54) is 17.8 Å². The Balaban J connectivity index is 1.65. The van der Waals surface area contributed by atoms with Crippen LogP contribution in [0.25, 0.3) is 0 Å². The minimum absolute atomic E-state index is 0.177. The number of nitrogens with one attached hydrogen (secondary N) is 2. The number of aromatic nitrogens is 1. The first-order valence-corrected chi connectivity index (χ1v) is 8.83. The highest BCUT2D eigenvalue weighted by Gasteiger charge is 2.10. The molecule has 2 aromatic carbocycles. The Morgan fingerprint density at radius 3 is 2.41 bits per heavy atom. The summed E-state index contributed by atoms with van der Waals surface area (Å²) in [6.45, 7) is 4.51. The fourth-order valence-corrected chi connectivity index (χ4v) is 2.59. The molecule has 1 heterocycles. The highest BCUT2D eigenvalue weighted by atomic mass is 16.5. The van der Waals surface area contributed by atoms with Gasteiger partial charge in [-0.3, -0.25) is 9.59 Å². The third-order valence-electron chi connectivity index (χ3n) is 4.19. The standard InChI is InChI=1S/C22H22N2O3/c1-15(2)17-8-10-18(11-9-17)24-22(26)19-12-20(25)21(13-23-19)27-14-16-6-4-3-5-7-16/h3-13,15H,14H2,1-2H3,(H,23,25)(H,24,26). The van der Waals surface area contributed by atoms with Crippen LogP contribution >= 0.6 is 0 Å². The SMILES string of the molecule is CC(C)c1ccc(NC(=O)c2cc(=O)c(OCc3ccccc3)c[nH]2)cc1. The van der Waals surface area contributed by atoms with Gasteiger partial charge in [0.15, 0.2) is 5.75 Å². The molecule has 0 aliphatic rings. The number of hydrogen-bond acceptors (Lipinski definition) is 3. The normalized spacial score (nSPS) is 10.6. The van der Waals surface area contributed by atoms with Gasteiger partial charge >= 0.3 is 0 Å². The molecule has 5 nitrogen and oxygen atoms in total. The number of ether oxygens (including phenoxy) is 1. The molecule has 1 amide bonds. The molecule has 0 aliphatic heterocycles. The van der Waals surface area contributed by atoms with E-state index in [4.69, 9.17) is 4.74 Å². The van der Waals surface area contributed by atoms with Crippen LogP contribution in [0.5, 0.6) is 5.75 Å². The number of rotatable bonds is 6. The fraction of sp³-hybridized carbons (Fsp3) is 0.182. The molecular formula is C22H22N2O3. The number of carbonyl (C=O) groups is 1. The summed E-state index contributed by atoms with van der Waals surface area (Å²) in [6.07, 6.45) is 1.42. The van der Waals surface area contributed by atoms with E-state index >= 15 is 0 Å². The number of pyridine rings is 1. The Morgan fingerprint density at radius 2 is 1.78 bits per heavy atom. The predicted octanol–water partition coefficient (Wildman–Crippen LogP) is 4.33. The van der Waals surface area contributed by atoms with Crippen molar-refractivity contribution in [3.05, 3.63) is 93.9 Å². The van der Waals surface area contributed by atoms with Gasteiger partial charge in [0.05, 0.1) is 0 Å². The molecule has 0 spiro atoms. The molecule has 0 saturated heterocycles. The van der Waals surface area contributed by atoms with Crippen LogP contribution in [0.1, 0.15) is 41.4 Å². The molecule has 27 heavy (non-hydrogen) atoms. The summed E-state index contributed by atoms with van der Waals surface area (Å²) < 4.78 is 5.54. The summed E-state index contributed by atoms with van der Waals surface area (Å²) in [5, 5.41) is 2.78. The summed E-state index contributed by atoms with van der Waals surface area (Å²) in [7, 11) is 0. The Kier molecular flexibility index (Phi) is 5.71. The number of benzene rings is 2. The largest absolute Gasteiger partial charge is 0.483 e. The minimum atomic E-state index is -0.376. The van der Waals surface area contributed by atoms with Crippen molar-refractivity contribution in [2.75, 3.05) is 5.32 Å². The van der Waals surface area contributed by atoms with Crippen molar-refractivity contribution >= 4 is 11.6 Å². The van der Waals surface area contributed by atoms with Gasteiger partial charge in [0.1, 0.15) is 12.3 Å². The van der Waals surface area contributed by atoms with E-state index in [1.807, 2.05) is 54.6 Å². The zero-order valence-electron chi connectivity index (χ0n) is 15.4. The van der Waals surface area contributed by atoms with Crippen LogP contribution < -0.4 is 15.5 Å². The average molecular weight is 362 g/mol. The number of amides is 1. The van der Waals surface area contributed by atoms with E-state index in [-0.39, 0.29) is 29.4 Å². The topological polar surface area (TPSA) is 71.2 Å². The predicted molar refractivity (Wildman–Crippen MR) is 106 cm³/mol. The highest BCUT2D eigenvalue weighted by molar-refractivity contribution is 6.02. The summed E-state index contributed by atoms with van der Waals surface area (Å²) in [6, 6.07) is 18.5. The maximum Gasteiger partial charge on any atom is 0.272 e. The number of hydrogen-bond donors (Lipinski definition) is 2. The summed E-state index contributed by atoms with van der Waals surface area (Å²) >= 11 is 0. The van der Waals surface area contributed by atoms with E-state index in [2.05, 4.69) is 24.1 Å². The molecule has 0 aliphatic carbocycles. The lowest BCUT2D eigenvalue weighted by Gasteiger charge is -2.09. The van der Waals surface area contributed by atoms with E-state index in [9.17, 15) is 9.59 Å². The molecule has 0 bridgehead atoms. The lowest BCUT2D eigenvalue weighted by Crippen LogP contribution is -2.17. The van der Waals surface area contributed by atoms with Crippen molar-refractivity contribution in [2.24, 2.45) is 0 Å². The van der Waals surface area contributed by atoms with Crippen molar-refractivity contribution in [1.82, 2.24) is 4.98 Å². The third-order valence-corrected chi connectivity index (χ3v) is 4.19. The van der Waals surface area contributed by atoms with Gasteiger partial charge in [-0.05, 0) is 29.2 Å². The lowest BCUT2D eigenvalue weighted by atomic mass is 10.0. The molecule has 3 rings (SSSR count). The maximum absolute atomic E-state index is 12.4. The molecule has 138 valence electrons. The molecule has 5 heteroatoms. The molecule has 0 saturated carbocycles.